The third-order valence-corrected chi connectivity index (χ3v) is 9.21. The third kappa shape index (κ3) is 7.57. The Kier molecular flexibility index (Phi) is 10.5. The summed E-state index contributed by atoms with van der Waals surface area (Å²) in [6.45, 7) is 11.5. The number of rotatable bonds is 5. The number of alkyl carbamates (subject to hydrolysis) is 1. The summed E-state index contributed by atoms with van der Waals surface area (Å²) < 4.78 is 22.6. The zero-order valence-electron chi connectivity index (χ0n) is 27.5. The zero-order valence-corrected chi connectivity index (χ0v) is 27.5. The number of benzene rings is 1. The van der Waals surface area contributed by atoms with Crippen LogP contribution in [0.15, 0.2) is 42.6 Å². The number of hydrogen-bond acceptors (Lipinski definition) is 10. The molecule has 1 aromatic carbocycles. The molecule has 11 heteroatoms. The maximum atomic E-state index is 13.8. The maximum absolute atomic E-state index is 13.8. The highest BCUT2D eigenvalue weighted by molar-refractivity contribution is 5.99. The number of amides is 1. The molecule has 2 aliphatic heterocycles. The lowest BCUT2D eigenvalue weighted by Gasteiger charge is -2.39. The van der Waals surface area contributed by atoms with Gasteiger partial charge >= 0.3 is 18.2 Å². The van der Waals surface area contributed by atoms with Crippen LogP contribution < -0.4 is 5.32 Å². The molecule has 2 saturated heterocycles. The number of carbonyl (C=O) groups is 5. The second-order valence-electron chi connectivity index (χ2n) is 13.0. The second-order valence-corrected chi connectivity index (χ2v) is 13.0. The molecule has 2 unspecified atom stereocenters. The second kappa shape index (κ2) is 14.0. The summed E-state index contributed by atoms with van der Waals surface area (Å²) in [7, 11) is 0. The maximum Gasteiger partial charge on any atom is 0.509 e. The van der Waals surface area contributed by atoms with Crippen molar-refractivity contribution in [3.05, 3.63) is 48.2 Å². The van der Waals surface area contributed by atoms with Gasteiger partial charge in [0.05, 0.1) is 11.6 Å². The summed E-state index contributed by atoms with van der Waals surface area (Å²) in [6.07, 6.45) is 3.08. The standard InChI is InChI=1S/C35H44N2O9/c1-8-27-35(7)30(37-32(41)45-35)22(4)28(38)20(2)18-34(6,19-21(3)29(39)23(5)31(40)44-27)46-33(42)43-16-10-11-24-13-14-26-25(17-24)12-9-15-36-26/h9-15,17,20-23,27,30H,8,16,18-19H2,1-7H3,(H,37,41)/b11-10+/t20-,21-,22?,23-,27-,30?,34-,35-/m1/s1. The number of cyclic esters (lactones) is 1. The number of Topliss-reactive ketones (excluding diaryl/α,β-unsaturated/α-hetero) is 2. The fourth-order valence-electron chi connectivity index (χ4n) is 6.85. The lowest BCUT2D eigenvalue weighted by molar-refractivity contribution is -0.171. The number of aromatic nitrogens is 1. The molecular formula is C35H44N2O9. The average molecular weight is 637 g/mol. The van der Waals surface area contributed by atoms with Crippen LogP contribution in [-0.2, 0) is 33.3 Å². The highest BCUT2D eigenvalue weighted by Crippen LogP contribution is 2.38. The summed E-state index contributed by atoms with van der Waals surface area (Å²) >= 11 is 0. The van der Waals surface area contributed by atoms with Gasteiger partial charge in [-0.1, -0.05) is 45.9 Å². The molecule has 2 aromatic rings. The van der Waals surface area contributed by atoms with Gasteiger partial charge in [0.1, 0.15) is 35.8 Å². The Morgan fingerprint density at radius 3 is 2.43 bits per heavy atom. The smallest absolute Gasteiger partial charge is 0.458 e. The van der Waals surface area contributed by atoms with E-state index in [-0.39, 0.29) is 25.2 Å². The Hall–Kier alpha value is -4.28. The van der Waals surface area contributed by atoms with Crippen molar-refractivity contribution in [2.45, 2.75) is 91.1 Å². The topological polar surface area (TPSA) is 147 Å². The largest absolute Gasteiger partial charge is 0.509 e. The predicted molar refractivity (Wildman–Crippen MR) is 169 cm³/mol. The van der Waals surface area contributed by atoms with E-state index in [0.29, 0.717) is 6.42 Å². The molecule has 0 saturated carbocycles. The minimum absolute atomic E-state index is 0.0454. The van der Waals surface area contributed by atoms with E-state index in [2.05, 4.69) is 10.3 Å². The van der Waals surface area contributed by atoms with E-state index >= 15 is 0 Å². The van der Waals surface area contributed by atoms with Crippen LogP contribution in [0.2, 0.25) is 0 Å². The number of nitrogens with zero attached hydrogens (tertiary/aromatic N) is 1. The van der Waals surface area contributed by atoms with Crippen molar-refractivity contribution in [2.75, 3.05) is 6.61 Å². The highest BCUT2D eigenvalue weighted by Gasteiger charge is 2.56. The van der Waals surface area contributed by atoms with Gasteiger partial charge in [0.25, 0.3) is 0 Å². The Bertz CT molecular complexity index is 1520. The molecule has 3 heterocycles. The third-order valence-electron chi connectivity index (χ3n) is 9.21. The van der Waals surface area contributed by atoms with Crippen molar-refractivity contribution in [3.8, 4) is 0 Å². The predicted octanol–water partition coefficient (Wildman–Crippen LogP) is 5.83. The van der Waals surface area contributed by atoms with Gasteiger partial charge in [0.15, 0.2) is 5.60 Å². The van der Waals surface area contributed by atoms with Crippen LogP contribution in [-0.4, -0.2) is 64.7 Å². The van der Waals surface area contributed by atoms with Crippen molar-refractivity contribution in [2.24, 2.45) is 23.7 Å². The fraction of sp³-hybridized carbons (Fsp3) is 0.543. The van der Waals surface area contributed by atoms with Gasteiger partial charge in [0.2, 0.25) is 0 Å². The van der Waals surface area contributed by atoms with Crippen molar-refractivity contribution < 1.29 is 42.9 Å². The Balaban J connectivity index is 1.52. The molecule has 1 N–H and O–H groups in total. The first-order valence-electron chi connectivity index (χ1n) is 15.8. The molecule has 1 aromatic heterocycles. The van der Waals surface area contributed by atoms with Crippen molar-refractivity contribution in [1.29, 1.82) is 0 Å². The molecule has 1 amide bonds. The van der Waals surface area contributed by atoms with Crippen LogP contribution in [0.25, 0.3) is 17.0 Å². The first-order chi connectivity index (χ1) is 21.7. The van der Waals surface area contributed by atoms with Gasteiger partial charge in [-0.05, 0) is 69.9 Å². The zero-order chi connectivity index (χ0) is 33.8. The number of hydrogen-bond donors (Lipinski definition) is 1. The monoisotopic (exact) mass is 636 g/mol. The SMILES string of the molecule is CC[C@H]1OC(=O)[C@H](C)C(=O)[C@H](C)C[C@](C)(OC(=O)OC/C=C/c2ccc3ncccc3c2)C[C@@H](C)C(=O)C(C)C2NC(=O)O[C@@]21C. The lowest BCUT2D eigenvalue weighted by Crippen LogP contribution is -2.57. The van der Waals surface area contributed by atoms with E-state index in [1.54, 1.807) is 53.8 Å². The molecule has 8 atom stereocenters. The Labute approximate surface area is 269 Å². The number of pyridine rings is 1. The van der Waals surface area contributed by atoms with Gasteiger partial charge in [0, 0.05) is 29.3 Å². The molecule has 0 radical (unpaired) electrons. The molecule has 2 fully saturated rings. The average Bonchev–Trinajstić information content (AvgIpc) is 3.33. The minimum atomic E-state index is -1.35. The summed E-state index contributed by atoms with van der Waals surface area (Å²) in [4.78, 5) is 70.1. The van der Waals surface area contributed by atoms with Gasteiger partial charge in [-0.2, -0.15) is 0 Å². The van der Waals surface area contributed by atoms with E-state index in [4.69, 9.17) is 18.9 Å². The molecule has 0 bridgehead atoms. The van der Waals surface area contributed by atoms with E-state index in [9.17, 15) is 24.0 Å². The first kappa shape index (κ1) is 34.6. The molecule has 0 aliphatic carbocycles. The van der Waals surface area contributed by atoms with Crippen LogP contribution in [0.5, 0.6) is 0 Å². The Morgan fingerprint density at radius 2 is 1.74 bits per heavy atom. The summed E-state index contributed by atoms with van der Waals surface area (Å²) in [5.74, 6) is -4.57. The molecule has 248 valence electrons. The van der Waals surface area contributed by atoms with Crippen LogP contribution >= 0.6 is 0 Å². The highest BCUT2D eigenvalue weighted by atomic mass is 16.7. The van der Waals surface area contributed by atoms with E-state index in [1.165, 1.54) is 6.92 Å². The number of ketones is 2. The van der Waals surface area contributed by atoms with Gasteiger partial charge in [-0.3, -0.25) is 19.4 Å². The number of fused-ring (bicyclic) bond motifs is 2. The quantitative estimate of drug-likeness (QED) is 0.242. The van der Waals surface area contributed by atoms with Gasteiger partial charge in [-0.25, -0.2) is 9.59 Å². The molecular weight excluding hydrogens is 592 g/mol. The molecule has 4 rings (SSSR count). The van der Waals surface area contributed by atoms with Gasteiger partial charge < -0.3 is 24.3 Å². The molecule has 46 heavy (non-hydrogen) atoms. The number of ether oxygens (including phenoxy) is 4. The number of carbonyl (C=O) groups excluding carboxylic acids is 5. The number of nitrogens with one attached hydrogen (secondary N) is 1. The van der Waals surface area contributed by atoms with Crippen LogP contribution in [0.1, 0.15) is 73.3 Å². The normalized spacial score (nSPS) is 32.7. The molecule has 0 spiro atoms. The summed E-state index contributed by atoms with van der Waals surface area (Å²) in [5, 5.41) is 3.71. The fourth-order valence-corrected chi connectivity index (χ4v) is 6.85. The van der Waals surface area contributed by atoms with E-state index < -0.39 is 71.0 Å². The van der Waals surface area contributed by atoms with Crippen molar-refractivity contribution >= 4 is 46.8 Å². The summed E-state index contributed by atoms with van der Waals surface area (Å²) in [6, 6.07) is 8.79. The van der Waals surface area contributed by atoms with Crippen molar-refractivity contribution in [3.63, 3.8) is 0 Å². The van der Waals surface area contributed by atoms with Crippen LogP contribution in [0, 0.1) is 23.7 Å². The Morgan fingerprint density at radius 1 is 1.04 bits per heavy atom. The summed E-state index contributed by atoms with van der Waals surface area (Å²) in [5.41, 5.74) is -0.871. The van der Waals surface area contributed by atoms with Crippen LogP contribution in [0.4, 0.5) is 9.59 Å². The minimum Gasteiger partial charge on any atom is -0.458 e. The molecule has 11 nitrogen and oxygen atoms in total. The molecule has 2 aliphatic rings. The lowest BCUT2D eigenvalue weighted by atomic mass is 9.74. The van der Waals surface area contributed by atoms with E-state index in [1.807, 2.05) is 36.4 Å². The van der Waals surface area contributed by atoms with Crippen molar-refractivity contribution in [1.82, 2.24) is 10.3 Å². The number of esters is 1. The van der Waals surface area contributed by atoms with Crippen LogP contribution in [0.3, 0.4) is 0 Å². The van der Waals surface area contributed by atoms with Gasteiger partial charge in [-0.15, -0.1) is 0 Å². The first-order valence-corrected chi connectivity index (χ1v) is 15.8. The van der Waals surface area contributed by atoms with E-state index in [0.717, 1.165) is 16.5 Å².